The minimum absolute atomic E-state index is 0.467. The Morgan fingerprint density at radius 1 is 1.10 bits per heavy atom. The van der Waals surface area contributed by atoms with Crippen LogP contribution in [0.2, 0.25) is 0 Å². The number of para-hydroxylation sites is 1. The number of hydrogen-bond acceptors (Lipinski definition) is 2. The zero-order chi connectivity index (χ0) is 15.1. The maximum Gasteiger partial charge on any atom is 0.190 e. The molecule has 0 saturated heterocycles. The summed E-state index contributed by atoms with van der Waals surface area (Å²) < 4.78 is 10.1. The van der Waals surface area contributed by atoms with Crippen molar-refractivity contribution in [1.82, 2.24) is 4.57 Å². The van der Waals surface area contributed by atoms with Crippen molar-refractivity contribution >= 4 is 17.0 Å². The first-order valence-corrected chi connectivity index (χ1v) is 7.93. The molecule has 4 rings (SSSR count). The van der Waals surface area contributed by atoms with Crippen LogP contribution in [0.4, 0.5) is 5.69 Å². The highest BCUT2D eigenvalue weighted by Crippen LogP contribution is 2.34. The number of benzene rings is 2. The van der Waals surface area contributed by atoms with Gasteiger partial charge in [-0.25, -0.2) is 4.99 Å². The lowest BCUT2D eigenvalue weighted by Gasteiger charge is -2.16. The molecule has 0 spiro atoms. The fourth-order valence-electron chi connectivity index (χ4n) is 2.88. The van der Waals surface area contributed by atoms with Gasteiger partial charge in [0, 0.05) is 17.5 Å². The fraction of sp³-hybridized carbons (Fsp3) is 0.167. The molecule has 21 heavy (non-hydrogen) atoms. The monoisotopic (exact) mass is 294 g/mol. The van der Waals surface area contributed by atoms with Crippen molar-refractivity contribution in [3.05, 3.63) is 69.8 Å². The third-order valence-corrected chi connectivity index (χ3v) is 5.10. The first-order chi connectivity index (χ1) is 10.7. The average Bonchev–Trinajstić information content (AvgIpc) is 2.86. The van der Waals surface area contributed by atoms with Gasteiger partial charge in [-0.2, -0.15) is 0 Å². The van der Waals surface area contributed by atoms with Crippen molar-refractivity contribution in [3.8, 4) is 11.3 Å². The molecule has 1 aromatic heterocycles. The van der Waals surface area contributed by atoms with Gasteiger partial charge in [0.15, 0.2) is 4.80 Å². The number of aryl methyl sites for hydroxylation is 2. The molecule has 0 N–H and O–H groups in total. The van der Waals surface area contributed by atoms with Crippen LogP contribution in [0.3, 0.4) is 0 Å². The van der Waals surface area contributed by atoms with Crippen LogP contribution < -0.4 is 4.80 Å². The highest BCUT2D eigenvalue weighted by molar-refractivity contribution is 7.09. The summed E-state index contributed by atoms with van der Waals surface area (Å²) in [5.41, 5.74) is 4.75. The van der Waals surface area contributed by atoms with Crippen LogP contribution in [0.1, 0.15) is 11.8 Å². The van der Waals surface area contributed by atoms with Crippen LogP contribution in [-0.2, 0) is 19.9 Å². The predicted molar refractivity (Wildman–Crippen MR) is 87.8 cm³/mol. The van der Waals surface area contributed by atoms with Crippen LogP contribution in [-0.4, -0.2) is 4.57 Å². The Morgan fingerprint density at radius 2 is 1.95 bits per heavy atom. The number of fused-ring (bicyclic) bond motifs is 3. The van der Waals surface area contributed by atoms with E-state index in [1.807, 2.05) is 18.2 Å². The number of rotatable bonds is 1. The lowest BCUT2D eigenvalue weighted by molar-refractivity contribution is 0.853. The van der Waals surface area contributed by atoms with E-state index in [-0.39, 0.29) is 0 Å². The molecule has 1 heterocycles. The standard InChI is InChI=1S/C18H16N2S/c1-20-17-15-10-6-5-7-13(15)11-12-16(17)21-18(20)19-14-8-3-2-4-9-14/h2-10H,11-12H2,1H3/i8T. The quantitative estimate of drug-likeness (QED) is 0.643. The van der Waals surface area contributed by atoms with Gasteiger partial charge in [-0.15, -0.1) is 11.3 Å². The molecule has 0 aliphatic heterocycles. The molecule has 2 nitrogen and oxygen atoms in total. The topological polar surface area (TPSA) is 17.3 Å². The van der Waals surface area contributed by atoms with Crippen molar-refractivity contribution in [1.29, 1.82) is 0 Å². The molecule has 0 unspecified atom stereocenters. The third kappa shape index (κ3) is 2.14. The van der Waals surface area contributed by atoms with Crippen LogP contribution in [0, 0.1) is 0 Å². The van der Waals surface area contributed by atoms with Crippen molar-refractivity contribution in [2.75, 3.05) is 0 Å². The van der Waals surface area contributed by atoms with Gasteiger partial charge in [0.05, 0.1) is 12.8 Å². The molecule has 2 aromatic carbocycles. The number of thiazole rings is 1. The van der Waals surface area contributed by atoms with Crippen LogP contribution in [0.15, 0.2) is 59.6 Å². The Balaban J connectivity index is 1.93. The third-order valence-electron chi connectivity index (χ3n) is 3.90. The van der Waals surface area contributed by atoms with Crippen LogP contribution in [0.25, 0.3) is 11.3 Å². The summed E-state index contributed by atoms with van der Waals surface area (Å²) in [6.07, 6.45) is 2.17. The van der Waals surface area contributed by atoms with Gasteiger partial charge in [0.2, 0.25) is 0 Å². The number of aromatic nitrogens is 1. The van der Waals surface area contributed by atoms with Crippen LogP contribution in [0.5, 0.6) is 0 Å². The minimum Gasteiger partial charge on any atom is -0.319 e. The van der Waals surface area contributed by atoms with Gasteiger partial charge < -0.3 is 4.57 Å². The van der Waals surface area contributed by atoms with E-state index in [0.29, 0.717) is 6.04 Å². The normalized spacial score (nSPS) is 14.5. The maximum atomic E-state index is 7.97. The zero-order valence-corrected chi connectivity index (χ0v) is 12.7. The fourth-order valence-corrected chi connectivity index (χ4v) is 4.02. The second-order valence-corrected chi connectivity index (χ2v) is 6.29. The lowest BCUT2D eigenvalue weighted by Crippen LogP contribution is -2.12. The summed E-state index contributed by atoms with van der Waals surface area (Å²) in [5.74, 6) is 0. The van der Waals surface area contributed by atoms with Gasteiger partial charge in [-0.05, 0) is 30.5 Å². The van der Waals surface area contributed by atoms with E-state index in [1.54, 1.807) is 17.4 Å². The second-order valence-electron chi connectivity index (χ2n) is 5.23. The summed E-state index contributed by atoms with van der Waals surface area (Å²) in [7, 11) is 2.07. The van der Waals surface area contributed by atoms with Gasteiger partial charge in [0.25, 0.3) is 0 Å². The molecule has 0 bridgehead atoms. The first-order valence-electron chi connectivity index (χ1n) is 7.61. The zero-order valence-electron chi connectivity index (χ0n) is 12.8. The van der Waals surface area contributed by atoms with Gasteiger partial charge in [-0.3, -0.25) is 0 Å². The summed E-state index contributed by atoms with van der Waals surface area (Å²) in [6, 6.07) is 16.6. The van der Waals surface area contributed by atoms with E-state index < -0.39 is 0 Å². The molecule has 0 saturated carbocycles. The van der Waals surface area contributed by atoms with E-state index in [2.05, 4.69) is 35.9 Å². The Labute approximate surface area is 129 Å². The Morgan fingerprint density at radius 3 is 2.86 bits per heavy atom. The van der Waals surface area contributed by atoms with E-state index in [9.17, 15) is 0 Å². The van der Waals surface area contributed by atoms with Crippen molar-refractivity contribution in [2.24, 2.45) is 12.0 Å². The molecule has 0 fully saturated rings. The molecule has 3 heteroatoms. The molecule has 1 aliphatic carbocycles. The number of hydrogen-bond donors (Lipinski definition) is 0. The Hall–Kier alpha value is -2.13. The molecular weight excluding hydrogens is 276 g/mol. The van der Waals surface area contributed by atoms with E-state index in [1.165, 1.54) is 21.7 Å². The first kappa shape index (κ1) is 11.5. The van der Waals surface area contributed by atoms with Crippen molar-refractivity contribution in [2.45, 2.75) is 12.8 Å². The van der Waals surface area contributed by atoms with Crippen LogP contribution >= 0.6 is 11.3 Å². The van der Waals surface area contributed by atoms with Crippen molar-refractivity contribution in [3.63, 3.8) is 0 Å². The molecule has 0 radical (unpaired) electrons. The molecule has 3 aromatic rings. The molecule has 104 valence electrons. The summed E-state index contributed by atoms with van der Waals surface area (Å²) in [5, 5.41) is 0. The smallest absolute Gasteiger partial charge is 0.190 e. The Bertz CT molecular complexity index is 921. The molecular formula is C18H16N2S. The maximum absolute atomic E-state index is 7.97. The molecule has 0 atom stereocenters. The average molecular weight is 294 g/mol. The summed E-state index contributed by atoms with van der Waals surface area (Å²) in [4.78, 5) is 7.06. The van der Waals surface area contributed by atoms with Gasteiger partial charge in [0.1, 0.15) is 0 Å². The van der Waals surface area contributed by atoms with E-state index in [4.69, 9.17) is 6.36 Å². The van der Waals surface area contributed by atoms with E-state index >= 15 is 0 Å². The van der Waals surface area contributed by atoms with Gasteiger partial charge in [-0.1, -0.05) is 42.5 Å². The molecule has 1 aliphatic rings. The molecule has 0 amide bonds. The minimum atomic E-state index is 0.467. The lowest BCUT2D eigenvalue weighted by atomic mass is 9.93. The number of nitrogens with zero attached hydrogens (tertiary/aromatic N) is 2. The summed E-state index contributed by atoms with van der Waals surface area (Å²) >= 11 is 1.74. The second kappa shape index (κ2) is 5.01. The van der Waals surface area contributed by atoms with Gasteiger partial charge >= 0.3 is 0 Å². The largest absolute Gasteiger partial charge is 0.319 e. The highest BCUT2D eigenvalue weighted by atomic mass is 32.1. The Kier molecular flexibility index (Phi) is 2.75. The van der Waals surface area contributed by atoms with E-state index in [0.717, 1.165) is 23.3 Å². The summed E-state index contributed by atoms with van der Waals surface area (Å²) in [6.45, 7) is 0. The highest BCUT2D eigenvalue weighted by Gasteiger charge is 2.20. The van der Waals surface area contributed by atoms with Crippen molar-refractivity contribution < 1.29 is 1.37 Å². The predicted octanol–water partition coefficient (Wildman–Crippen LogP) is 4.08. The SMILES string of the molecule is [3H]c1ccccc1N=c1sc2c(n1C)-c1ccccc1CC2.